The summed E-state index contributed by atoms with van der Waals surface area (Å²) in [5, 5.41) is 0. The van der Waals surface area contributed by atoms with Crippen molar-refractivity contribution in [3.63, 3.8) is 0 Å². The van der Waals surface area contributed by atoms with E-state index in [1.54, 1.807) is 6.92 Å². The molecular formula is C17H25NO2. The molecule has 0 radical (unpaired) electrons. The molecule has 0 heterocycles. The number of nitrogens with two attached hydrogens (primary N) is 1. The van der Waals surface area contributed by atoms with Crippen molar-refractivity contribution in [2.75, 3.05) is 0 Å². The van der Waals surface area contributed by atoms with Crippen LogP contribution >= 0.6 is 0 Å². The van der Waals surface area contributed by atoms with Gasteiger partial charge in [0.05, 0.1) is 0 Å². The number of rotatable bonds is 5. The van der Waals surface area contributed by atoms with E-state index in [0.717, 1.165) is 0 Å². The lowest BCUT2D eigenvalue weighted by atomic mass is 9.81. The second-order valence-corrected chi connectivity index (χ2v) is 5.91. The fourth-order valence-electron chi connectivity index (χ4n) is 3.28. The highest BCUT2D eigenvalue weighted by atomic mass is 16.5. The molecule has 1 saturated carbocycles. The van der Waals surface area contributed by atoms with Crippen LogP contribution in [0.25, 0.3) is 0 Å². The van der Waals surface area contributed by atoms with E-state index >= 15 is 0 Å². The molecule has 1 aromatic carbocycles. The van der Waals surface area contributed by atoms with Crippen molar-refractivity contribution < 1.29 is 9.53 Å². The maximum atomic E-state index is 11.8. The van der Waals surface area contributed by atoms with Gasteiger partial charge in [-0.25, -0.2) is 0 Å². The molecule has 1 aromatic rings. The van der Waals surface area contributed by atoms with Gasteiger partial charge in [0.1, 0.15) is 12.1 Å². The van der Waals surface area contributed by atoms with E-state index in [2.05, 4.69) is 24.3 Å². The van der Waals surface area contributed by atoms with Gasteiger partial charge in [-0.2, -0.15) is 0 Å². The summed E-state index contributed by atoms with van der Waals surface area (Å²) in [6.07, 6.45) is 4.88. The lowest BCUT2D eigenvalue weighted by Crippen LogP contribution is -2.35. The number of carbonyl (C=O) groups is 1. The third-order valence-corrected chi connectivity index (χ3v) is 4.27. The first-order valence-electron chi connectivity index (χ1n) is 7.60. The summed E-state index contributed by atoms with van der Waals surface area (Å²) in [5.74, 6) is 0.575. The Hall–Kier alpha value is -1.35. The Labute approximate surface area is 121 Å². The first kappa shape index (κ1) is 15.0. The molecule has 20 heavy (non-hydrogen) atoms. The second-order valence-electron chi connectivity index (χ2n) is 5.91. The van der Waals surface area contributed by atoms with Gasteiger partial charge >= 0.3 is 5.97 Å². The van der Waals surface area contributed by atoms with Crippen LogP contribution in [-0.2, 0) is 9.53 Å². The van der Waals surface area contributed by atoms with Gasteiger partial charge in [-0.3, -0.25) is 4.79 Å². The van der Waals surface area contributed by atoms with Gasteiger partial charge in [-0.05, 0) is 38.2 Å². The first-order valence-corrected chi connectivity index (χ1v) is 7.60. The molecule has 0 bridgehead atoms. The fourth-order valence-corrected chi connectivity index (χ4v) is 3.28. The number of esters is 1. The molecule has 3 heteroatoms. The predicted molar refractivity (Wildman–Crippen MR) is 80.3 cm³/mol. The largest absolute Gasteiger partial charge is 0.461 e. The minimum absolute atomic E-state index is 0.126. The average molecular weight is 275 g/mol. The van der Waals surface area contributed by atoms with Crippen LogP contribution in [-0.4, -0.2) is 18.1 Å². The Bertz CT molecular complexity index is 424. The normalized spacial score (nSPS) is 20.4. The maximum Gasteiger partial charge on any atom is 0.322 e. The Morgan fingerprint density at radius 2 is 1.80 bits per heavy atom. The lowest BCUT2D eigenvalue weighted by Gasteiger charge is -2.30. The van der Waals surface area contributed by atoms with Gasteiger partial charge in [-0.15, -0.1) is 0 Å². The van der Waals surface area contributed by atoms with Crippen LogP contribution in [0, 0.1) is 5.92 Å². The zero-order valence-corrected chi connectivity index (χ0v) is 12.4. The monoisotopic (exact) mass is 275 g/mol. The molecule has 2 N–H and O–H groups in total. The zero-order chi connectivity index (χ0) is 14.5. The number of ether oxygens (including phenoxy) is 1. The van der Waals surface area contributed by atoms with E-state index in [1.807, 2.05) is 13.0 Å². The van der Waals surface area contributed by atoms with Crippen molar-refractivity contribution in [2.45, 2.75) is 57.6 Å². The minimum atomic E-state index is -0.558. The Kier molecular flexibility index (Phi) is 5.18. The molecule has 1 aliphatic carbocycles. The van der Waals surface area contributed by atoms with Crippen molar-refractivity contribution in [1.82, 2.24) is 0 Å². The summed E-state index contributed by atoms with van der Waals surface area (Å²) >= 11 is 0. The van der Waals surface area contributed by atoms with E-state index in [1.165, 1.54) is 31.2 Å². The van der Waals surface area contributed by atoms with Gasteiger partial charge in [0.25, 0.3) is 0 Å². The molecule has 110 valence electrons. The van der Waals surface area contributed by atoms with Gasteiger partial charge in [0, 0.05) is 5.92 Å². The third-order valence-electron chi connectivity index (χ3n) is 4.27. The molecule has 0 aliphatic heterocycles. The molecule has 3 atom stereocenters. The lowest BCUT2D eigenvalue weighted by molar-refractivity contribution is -0.151. The van der Waals surface area contributed by atoms with Crippen molar-refractivity contribution in [2.24, 2.45) is 11.7 Å². The van der Waals surface area contributed by atoms with Crippen LogP contribution in [0.1, 0.15) is 51.0 Å². The summed E-state index contributed by atoms with van der Waals surface area (Å²) in [4.78, 5) is 11.8. The molecule has 1 aliphatic rings. The third kappa shape index (κ3) is 3.60. The summed E-state index contributed by atoms with van der Waals surface area (Å²) in [5.41, 5.74) is 6.87. The fraction of sp³-hybridized carbons (Fsp3) is 0.588. The second kappa shape index (κ2) is 6.89. The van der Waals surface area contributed by atoms with Gasteiger partial charge < -0.3 is 10.5 Å². The van der Waals surface area contributed by atoms with Crippen LogP contribution in [0.3, 0.4) is 0 Å². The van der Waals surface area contributed by atoms with E-state index in [4.69, 9.17) is 10.5 Å². The van der Waals surface area contributed by atoms with E-state index in [0.29, 0.717) is 5.92 Å². The van der Waals surface area contributed by atoms with Gasteiger partial charge in [-0.1, -0.05) is 43.2 Å². The first-order chi connectivity index (χ1) is 9.59. The van der Waals surface area contributed by atoms with Crippen LogP contribution in [0.4, 0.5) is 0 Å². The SMILES string of the molecule is CC(OC(=O)[C@H](C)N)[C@H](c1ccccc1)C1CCCC1. The van der Waals surface area contributed by atoms with E-state index in [-0.39, 0.29) is 18.0 Å². The van der Waals surface area contributed by atoms with Crippen LogP contribution in [0.2, 0.25) is 0 Å². The Balaban J connectivity index is 2.16. The molecule has 1 fully saturated rings. The number of benzene rings is 1. The standard InChI is InChI=1S/C17H25NO2/c1-12(18)17(19)20-13(2)16(15-10-6-7-11-15)14-8-4-3-5-9-14/h3-5,8-9,12-13,15-16H,6-7,10-11,18H2,1-2H3/t12-,13?,16+/m0/s1. The molecule has 3 nitrogen and oxygen atoms in total. The van der Waals surface area contributed by atoms with Gasteiger partial charge in [0.2, 0.25) is 0 Å². The number of hydrogen-bond acceptors (Lipinski definition) is 3. The molecule has 2 rings (SSSR count). The molecule has 0 amide bonds. The van der Waals surface area contributed by atoms with Crippen LogP contribution in [0.15, 0.2) is 30.3 Å². The summed E-state index contributed by atoms with van der Waals surface area (Å²) in [7, 11) is 0. The van der Waals surface area contributed by atoms with Crippen molar-refractivity contribution in [1.29, 1.82) is 0 Å². The zero-order valence-electron chi connectivity index (χ0n) is 12.4. The quantitative estimate of drug-likeness (QED) is 0.839. The highest BCUT2D eigenvalue weighted by molar-refractivity contribution is 5.75. The van der Waals surface area contributed by atoms with E-state index in [9.17, 15) is 4.79 Å². The highest BCUT2D eigenvalue weighted by Gasteiger charge is 2.32. The van der Waals surface area contributed by atoms with Crippen LogP contribution in [0.5, 0.6) is 0 Å². The molecule has 0 saturated heterocycles. The summed E-state index contributed by atoms with van der Waals surface area (Å²) in [6, 6.07) is 9.85. The van der Waals surface area contributed by atoms with Crippen LogP contribution < -0.4 is 5.73 Å². The highest BCUT2D eigenvalue weighted by Crippen LogP contribution is 2.40. The number of hydrogen-bond donors (Lipinski definition) is 1. The molecule has 0 spiro atoms. The number of carbonyl (C=O) groups excluding carboxylic acids is 1. The Morgan fingerprint density at radius 1 is 1.20 bits per heavy atom. The Morgan fingerprint density at radius 3 is 2.35 bits per heavy atom. The van der Waals surface area contributed by atoms with Crippen molar-refractivity contribution in [3.8, 4) is 0 Å². The molecular weight excluding hydrogens is 250 g/mol. The summed E-state index contributed by atoms with van der Waals surface area (Å²) < 4.78 is 5.58. The maximum absolute atomic E-state index is 11.8. The topological polar surface area (TPSA) is 52.3 Å². The van der Waals surface area contributed by atoms with E-state index < -0.39 is 6.04 Å². The molecule has 1 unspecified atom stereocenters. The predicted octanol–water partition coefficient (Wildman–Crippen LogP) is 3.24. The smallest absolute Gasteiger partial charge is 0.322 e. The minimum Gasteiger partial charge on any atom is -0.461 e. The van der Waals surface area contributed by atoms with Crippen molar-refractivity contribution >= 4 is 5.97 Å². The van der Waals surface area contributed by atoms with Crippen molar-refractivity contribution in [3.05, 3.63) is 35.9 Å². The van der Waals surface area contributed by atoms with Gasteiger partial charge in [0.15, 0.2) is 0 Å². The molecule has 0 aromatic heterocycles. The average Bonchev–Trinajstić information content (AvgIpc) is 2.93. The summed E-state index contributed by atoms with van der Waals surface area (Å²) in [6.45, 7) is 3.67.